The molecule has 0 amide bonds. The highest BCUT2D eigenvalue weighted by Crippen LogP contribution is 2.17. The summed E-state index contributed by atoms with van der Waals surface area (Å²) in [5.74, 6) is 0.610. The number of ether oxygens (including phenoxy) is 1. The average Bonchev–Trinajstić information content (AvgIpc) is 2.37. The van der Waals surface area contributed by atoms with E-state index in [1.54, 1.807) is 18.3 Å². The number of nitrogens with zero attached hydrogens (tertiary/aromatic N) is 1. The van der Waals surface area contributed by atoms with E-state index >= 15 is 0 Å². The van der Waals surface area contributed by atoms with Crippen molar-refractivity contribution in [2.45, 2.75) is 6.61 Å². The second kappa shape index (κ2) is 5.51. The monoisotopic (exact) mass is 261 g/mol. The first kappa shape index (κ1) is 12.4. The van der Waals surface area contributed by atoms with Crippen LogP contribution in [0.25, 0.3) is 0 Å². The van der Waals surface area contributed by atoms with Gasteiger partial charge in [0, 0.05) is 23.4 Å². The highest BCUT2D eigenvalue weighted by Gasteiger charge is 2.05. The lowest BCUT2D eigenvalue weighted by Crippen LogP contribution is -2.14. The van der Waals surface area contributed by atoms with Gasteiger partial charge in [-0.2, -0.15) is 0 Å². The summed E-state index contributed by atoms with van der Waals surface area (Å²) in [6.45, 7) is 0.317. The van der Waals surface area contributed by atoms with Crippen LogP contribution >= 0.6 is 11.6 Å². The van der Waals surface area contributed by atoms with E-state index in [1.165, 1.54) is 6.20 Å². The zero-order valence-electron chi connectivity index (χ0n) is 9.56. The van der Waals surface area contributed by atoms with Crippen LogP contribution < -0.4 is 10.5 Å². The van der Waals surface area contributed by atoms with Gasteiger partial charge in [0.25, 0.3) is 0 Å². The fraction of sp³-hybridized carbons (Fsp3) is 0.0769. The van der Waals surface area contributed by atoms with Crippen LogP contribution in [0, 0.1) is 5.41 Å². The van der Waals surface area contributed by atoms with E-state index in [9.17, 15) is 0 Å². The maximum atomic E-state index is 7.48. The SMILES string of the molecule is N=C(N)c1ccccc1COc1cncc(Cl)c1. The number of nitrogen functional groups attached to an aromatic ring is 1. The highest BCUT2D eigenvalue weighted by atomic mass is 35.5. The van der Waals surface area contributed by atoms with Gasteiger partial charge < -0.3 is 10.5 Å². The molecule has 0 bridgehead atoms. The molecule has 1 heterocycles. The van der Waals surface area contributed by atoms with E-state index in [2.05, 4.69) is 4.98 Å². The Bertz CT molecular complexity index is 572. The first-order valence-corrected chi connectivity index (χ1v) is 5.70. The largest absolute Gasteiger partial charge is 0.487 e. The Morgan fingerprint density at radius 2 is 2.11 bits per heavy atom. The van der Waals surface area contributed by atoms with Gasteiger partial charge in [-0.1, -0.05) is 35.9 Å². The molecule has 0 aliphatic rings. The normalized spacial score (nSPS) is 10.1. The Balaban J connectivity index is 2.13. The van der Waals surface area contributed by atoms with Crippen LogP contribution in [-0.2, 0) is 6.61 Å². The van der Waals surface area contributed by atoms with Crippen molar-refractivity contribution in [2.24, 2.45) is 5.73 Å². The molecule has 0 saturated carbocycles. The predicted octanol–water partition coefficient (Wildman–Crippen LogP) is 2.60. The average molecular weight is 262 g/mol. The predicted molar refractivity (Wildman–Crippen MR) is 71.0 cm³/mol. The van der Waals surface area contributed by atoms with Gasteiger partial charge in [0.05, 0.1) is 11.2 Å². The fourth-order valence-corrected chi connectivity index (χ4v) is 1.71. The lowest BCUT2D eigenvalue weighted by molar-refractivity contribution is 0.305. The molecule has 1 aromatic heterocycles. The minimum Gasteiger partial charge on any atom is -0.487 e. The summed E-state index contributed by atoms with van der Waals surface area (Å²) < 4.78 is 5.56. The van der Waals surface area contributed by atoms with Crippen molar-refractivity contribution in [1.82, 2.24) is 4.98 Å². The van der Waals surface area contributed by atoms with Gasteiger partial charge >= 0.3 is 0 Å². The summed E-state index contributed by atoms with van der Waals surface area (Å²) in [5, 5.41) is 8.00. The minimum absolute atomic E-state index is 0.0263. The van der Waals surface area contributed by atoms with Crippen molar-refractivity contribution < 1.29 is 4.74 Å². The van der Waals surface area contributed by atoms with Crippen LogP contribution in [0.5, 0.6) is 5.75 Å². The van der Waals surface area contributed by atoms with Crippen LogP contribution in [0.15, 0.2) is 42.7 Å². The van der Waals surface area contributed by atoms with Gasteiger partial charge in [0.2, 0.25) is 0 Å². The quantitative estimate of drug-likeness (QED) is 0.656. The molecule has 3 N–H and O–H groups in total. The van der Waals surface area contributed by atoms with Crippen molar-refractivity contribution in [1.29, 1.82) is 5.41 Å². The topological polar surface area (TPSA) is 72.0 Å². The summed E-state index contributed by atoms with van der Waals surface area (Å²) >= 11 is 5.81. The number of nitrogens with one attached hydrogen (secondary N) is 1. The standard InChI is InChI=1S/C13H12ClN3O/c14-10-5-11(7-17-6-10)18-8-9-3-1-2-4-12(9)13(15)16/h1-7H,8H2,(H3,15,16). The molecule has 0 radical (unpaired) electrons. The molecule has 18 heavy (non-hydrogen) atoms. The molecule has 0 unspecified atom stereocenters. The third-order valence-electron chi connectivity index (χ3n) is 2.38. The summed E-state index contributed by atoms with van der Waals surface area (Å²) in [5.41, 5.74) is 7.03. The Kier molecular flexibility index (Phi) is 3.79. The van der Waals surface area contributed by atoms with Gasteiger partial charge in [0.15, 0.2) is 0 Å². The Hall–Kier alpha value is -2.07. The molecule has 0 saturated heterocycles. The van der Waals surface area contributed by atoms with Crippen molar-refractivity contribution in [3.05, 3.63) is 58.9 Å². The van der Waals surface area contributed by atoms with Gasteiger partial charge in [-0.25, -0.2) is 0 Å². The smallest absolute Gasteiger partial charge is 0.139 e. The van der Waals surface area contributed by atoms with Crippen LogP contribution in [0.3, 0.4) is 0 Å². The molecule has 2 rings (SSSR count). The molecular weight excluding hydrogens is 250 g/mol. The van der Waals surface area contributed by atoms with Crippen LogP contribution in [0.4, 0.5) is 0 Å². The van der Waals surface area contributed by atoms with Crippen LogP contribution in [0.2, 0.25) is 5.02 Å². The number of hydrogen-bond acceptors (Lipinski definition) is 3. The molecule has 1 aromatic carbocycles. The Morgan fingerprint density at radius 1 is 1.33 bits per heavy atom. The van der Waals surface area contributed by atoms with E-state index in [4.69, 9.17) is 27.5 Å². The maximum absolute atomic E-state index is 7.48. The number of aromatic nitrogens is 1. The molecule has 0 spiro atoms. The van der Waals surface area contributed by atoms with Gasteiger partial charge in [-0.05, 0) is 0 Å². The third kappa shape index (κ3) is 2.99. The first-order valence-electron chi connectivity index (χ1n) is 5.32. The first-order chi connectivity index (χ1) is 8.66. The van der Waals surface area contributed by atoms with E-state index in [0.29, 0.717) is 22.9 Å². The molecule has 0 aliphatic carbocycles. The molecule has 5 heteroatoms. The van der Waals surface area contributed by atoms with E-state index in [-0.39, 0.29) is 5.84 Å². The number of hydrogen-bond donors (Lipinski definition) is 2. The Labute approximate surface area is 110 Å². The zero-order valence-corrected chi connectivity index (χ0v) is 10.3. The van der Waals surface area contributed by atoms with Crippen LogP contribution in [-0.4, -0.2) is 10.8 Å². The number of amidine groups is 1. The van der Waals surface area contributed by atoms with Gasteiger partial charge in [-0.3, -0.25) is 10.4 Å². The maximum Gasteiger partial charge on any atom is 0.139 e. The molecule has 92 valence electrons. The number of halogens is 1. The van der Waals surface area contributed by atoms with Gasteiger partial charge in [0.1, 0.15) is 18.2 Å². The fourth-order valence-electron chi connectivity index (χ4n) is 1.54. The summed E-state index contributed by atoms with van der Waals surface area (Å²) in [6.07, 6.45) is 3.13. The molecule has 0 atom stereocenters. The Morgan fingerprint density at radius 3 is 2.83 bits per heavy atom. The lowest BCUT2D eigenvalue weighted by Gasteiger charge is -2.09. The van der Waals surface area contributed by atoms with E-state index < -0.39 is 0 Å². The van der Waals surface area contributed by atoms with Crippen molar-refractivity contribution in [2.75, 3.05) is 0 Å². The number of rotatable bonds is 4. The van der Waals surface area contributed by atoms with Gasteiger partial charge in [-0.15, -0.1) is 0 Å². The second-order valence-corrected chi connectivity index (χ2v) is 4.13. The summed E-state index contributed by atoms with van der Waals surface area (Å²) in [6, 6.07) is 9.05. The summed E-state index contributed by atoms with van der Waals surface area (Å²) in [7, 11) is 0. The van der Waals surface area contributed by atoms with Crippen molar-refractivity contribution in [3.63, 3.8) is 0 Å². The second-order valence-electron chi connectivity index (χ2n) is 3.70. The minimum atomic E-state index is 0.0263. The van der Waals surface area contributed by atoms with E-state index in [1.807, 2.05) is 18.2 Å². The number of nitrogens with two attached hydrogens (primary N) is 1. The van der Waals surface area contributed by atoms with Crippen molar-refractivity contribution >= 4 is 17.4 Å². The molecule has 0 fully saturated rings. The van der Waals surface area contributed by atoms with Crippen LogP contribution in [0.1, 0.15) is 11.1 Å². The molecular formula is C13H12ClN3O. The molecule has 2 aromatic rings. The van der Waals surface area contributed by atoms with Crippen molar-refractivity contribution in [3.8, 4) is 5.75 Å². The lowest BCUT2D eigenvalue weighted by atomic mass is 10.1. The molecule has 4 nitrogen and oxygen atoms in total. The van der Waals surface area contributed by atoms with E-state index in [0.717, 1.165) is 5.56 Å². The highest BCUT2D eigenvalue weighted by molar-refractivity contribution is 6.30. The summed E-state index contributed by atoms with van der Waals surface area (Å²) in [4.78, 5) is 3.93. The number of benzene rings is 1. The number of pyridine rings is 1. The third-order valence-corrected chi connectivity index (χ3v) is 2.59. The molecule has 0 aliphatic heterocycles. The zero-order chi connectivity index (χ0) is 13.0.